The standard InChI is InChI=1S/C14H26N2O5S/c1-3-8-22(20,21)16-7-5-4-6-12(16)14(19)15-10-11(2)9-13(17)18/h11-12H,3-10H2,1-2H3,(H,15,19)(H,17,18). The number of hydrogen-bond donors (Lipinski definition) is 2. The lowest BCUT2D eigenvalue weighted by Crippen LogP contribution is -2.52. The molecule has 0 aromatic heterocycles. The Bertz CT molecular complexity index is 491. The summed E-state index contributed by atoms with van der Waals surface area (Å²) in [4.78, 5) is 22.9. The molecule has 2 N–H and O–H groups in total. The summed E-state index contributed by atoms with van der Waals surface area (Å²) >= 11 is 0. The zero-order chi connectivity index (χ0) is 16.8. The maximum Gasteiger partial charge on any atom is 0.303 e. The largest absolute Gasteiger partial charge is 0.481 e. The van der Waals surface area contributed by atoms with Crippen LogP contribution in [0, 0.1) is 5.92 Å². The van der Waals surface area contributed by atoms with E-state index in [1.54, 1.807) is 13.8 Å². The summed E-state index contributed by atoms with van der Waals surface area (Å²) in [5.41, 5.74) is 0. The van der Waals surface area contributed by atoms with Gasteiger partial charge in [0.05, 0.1) is 5.75 Å². The van der Waals surface area contributed by atoms with Crippen molar-refractivity contribution in [2.24, 2.45) is 5.92 Å². The predicted molar refractivity (Wildman–Crippen MR) is 82.8 cm³/mol. The van der Waals surface area contributed by atoms with Gasteiger partial charge in [-0.2, -0.15) is 4.31 Å². The Labute approximate surface area is 132 Å². The third kappa shape index (κ3) is 5.57. The van der Waals surface area contributed by atoms with Crippen molar-refractivity contribution in [3.8, 4) is 0 Å². The van der Waals surface area contributed by atoms with E-state index < -0.39 is 22.0 Å². The second-order valence-corrected chi connectivity index (χ2v) is 7.93. The Hall–Kier alpha value is -1.15. The SMILES string of the molecule is CCCS(=O)(=O)N1CCCCC1C(=O)NCC(C)CC(=O)O. The lowest BCUT2D eigenvalue weighted by molar-refractivity contribution is -0.138. The van der Waals surface area contributed by atoms with Crippen LogP contribution in [0.2, 0.25) is 0 Å². The molecule has 1 saturated heterocycles. The van der Waals surface area contributed by atoms with Crippen molar-refractivity contribution in [1.29, 1.82) is 0 Å². The molecule has 0 bridgehead atoms. The first kappa shape index (κ1) is 18.9. The minimum Gasteiger partial charge on any atom is -0.481 e. The summed E-state index contributed by atoms with van der Waals surface area (Å²) in [6, 6.07) is -0.665. The Morgan fingerprint density at radius 2 is 2.05 bits per heavy atom. The van der Waals surface area contributed by atoms with E-state index in [0.29, 0.717) is 19.4 Å². The summed E-state index contributed by atoms with van der Waals surface area (Å²) < 4.78 is 25.8. The Kier molecular flexibility index (Phi) is 7.28. The number of carboxylic acids is 1. The summed E-state index contributed by atoms with van der Waals surface area (Å²) in [7, 11) is -3.41. The van der Waals surface area contributed by atoms with Crippen LogP contribution < -0.4 is 5.32 Å². The molecule has 0 aromatic rings. The molecule has 1 fully saturated rings. The maximum absolute atomic E-state index is 12.3. The molecule has 0 saturated carbocycles. The lowest BCUT2D eigenvalue weighted by Gasteiger charge is -2.33. The van der Waals surface area contributed by atoms with Gasteiger partial charge in [-0.1, -0.05) is 20.3 Å². The minimum absolute atomic E-state index is 0.0250. The van der Waals surface area contributed by atoms with Gasteiger partial charge in [-0.15, -0.1) is 0 Å². The van der Waals surface area contributed by atoms with Crippen LogP contribution in [0.25, 0.3) is 0 Å². The number of nitrogens with zero attached hydrogens (tertiary/aromatic N) is 1. The van der Waals surface area contributed by atoms with Gasteiger partial charge in [-0.05, 0) is 25.2 Å². The quantitative estimate of drug-likeness (QED) is 0.683. The van der Waals surface area contributed by atoms with Gasteiger partial charge >= 0.3 is 5.97 Å². The van der Waals surface area contributed by atoms with Crippen molar-refractivity contribution in [2.45, 2.75) is 52.0 Å². The molecule has 1 heterocycles. The fourth-order valence-electron chi connectivity index (χ4n) is 2.64. The van der Waals surface area contributed by atoms with Gasteiger partial charge in [0.15, 0.2) is 0 Å². The van der Waals surface area contributed by atoms with Crippen LogP contribution >= 0.6 is 0 Å². The smallest absolute Gasteiger partial charge is 0.303 e. The van der Waals surface area contributed by atoms with E-state index in [0.717, 1.165) is 12.8 Å². The lowest BCUT2D eigenvalue weighted by atomic mass is 10.0. The number of carbonyl (C=O) groups is 2. The number of hydrogen-bond acceptors (Lipinski definition) is 4. The molecule has 128 valence electrons. The van der Waals surface area contributed by atoms with E-state index in [4.69, 9.17) is 5.11 Å². The van der Waals surface area contributed by atoms with Crippen molar-refractivity contribution in [3.05, 3.63) is 0 Å². The number of piperidine rings is 1. The van der Waals surface area contributed by atoms with Crippen LogP contribution in [0.15, 0.2) is 0 Å². The van der Waals surface area contributed by atoms with Crippen LogP contribution in [-0.2, 0) is 19.6 Å². The molecule has 8 heteroatoms. The molecule has 7 nitrogen and oxygen atoms in total. The van der Waals surface area contributed by atoms with Gasteiger partial charge in [0.2, 0.25) is 15.9 Å². The fraction of sp³-hybridized carbons (Fsp3) is 0.857. The Balaban J connectivity index is 2.66. The van der Waals surface area contributed by atoms with E-state index in [1.807, 2.05) is 0 Å². The van der Waals surface area contributed by atoms with Crippen molar-refractivity contribution in [3.63, 3.8) is 0 Å². The summed E-state index contributed by atoms with van der Waals surface area (Å²) in [5.74, 6) is -1.37. The molecule has 1 aliphatic heterocycles. The first-order valence-electron chi connectivity index (χ1n) is 7.77. The van der Waals surface area contributed by atoms with Crippen molar-refractivity contribution in [2.75, 3.05) is 18.8 Å². The van der Waals surface area contributed by atoms with E-state index in [2.05, 4.69) is 5.32 Å². The highest BCUT2D eigenvalue weighted by Crippen LogP contribution is 2.21. The second kappa shape index (κ2) is 8.47. The van der Waals surface area contributed by atoms with Crippen molar-refractivity contribution >= 4 is 21.9 Å². The highest BCUT2D eigenvalue weighted by Gasteiger charge is 2.36. The molecule has 22 heavy (non-hydrogen) atoms. The number of carboxylic acid groups (broad SMARTS) is 1. The van der Waals surface area contributed by atoms with Gasteiger partial charge in [-0.25, -0.2) is 8.42 Å². The molecule has 2 unspecified atom stereocenters. The first-order chi connectivity index (χ1) is 10.3. The van der Waals surface area contributed by atoms with E-state index in [-0.39, 0.29) is 30.5 Å². The number of carbonyl (C=O) groups excluding carboxylic acids is 1. The van der Waals surface area contributed by atoms with Crippen LogP contribution in [0.3, 0.4) is 0 Å². The molecule has 1 amide bonds. The number of aliphatic carboxylic acids is 1. The molecule has 2 atom stereocenters. The Morgan fingerprint density at radius 1 is 1.36 bits per heavy atom. The third-order valence-corrected chi connectivity index (χ3v) is 5.80. The molecule has 0 spiro atoms. The molecule has 0 aliphatic carbocycles. The second-order valence-electron chi connectivity index (χ2n) is 5.89. The molecule has 1 aliphatic rings. The predicted octanol–water partition coefficient (Wildman–Crippen LogP) is 0.808. The van der Waals surface area contributed by atoms with Crippen LogP contribution in [0.5, 0.6) is 0 Å². The van der Waals surface area contributed by atoms with E-state index >= 15 is 0 Å². The van der Waals surface area contributed by atoms with Crippen LogP contribution in [-0.4, -0.2) is 54.6 Å². The summed E-state index contributed by atoms with van der Waals surface area (Å²) in [6.07, 6.45) is 2.59. The average Bonchev–Trinajstić information content (AvgIpc) is 2.44. The van der Waals surface area contributed by atoms with Gasteiger partial charge in [0.25, 0.3) is 0 Å². The average molecular weight is 334 g/mol. The molecular formula is C14H26N2O5S. The monoisotopic (exact) mass is 334 g/mol. The topological polar surface area (TPSA) is 104 Å². The molecular weight excluding hydrogens is 308 g/mol. The van der Waals surface area contributed by atoms with Crippen molar-refractivity contribution < 1.29 is 23.1 Å². The van der Waals surface area contributed by atoms with Gasteiger partial charge in [0, 0.05) is 19.5 Å². The maximum atomic E-state index is 12.3. The normalized spacial score (nSPS) is 21.3. The number of rotatable bonds is 8. The zero-order valence-corrected chi connectivity index (χ0v) is 14.1. The first-order valence-corrected chi connectivity index (χ1v) is 9.38. The zero-order valence-electron chi connectivity index (χ0n) is 13.2. The van der Waals surface area contributed by atoms with Gasteiger partial charge in [-0.3, -0.25) is 9.59 Å². The minimum atomic E-state index is -3.41. The summed E-state index contributed by atoms with van der Waals surface area (Å²) in [6.45, 7) is 4.15. The van der Waals surface area contributed by atoms with E-state index in [1.165, 1.54) is 4.31 Å². The number of amides is 1. The highest BCUT2D eigenvalue weighted by atomic mass is 32.2. The van der Waals surface area contributed by atoms with Crippen LogP contribution in [0.1, 0.15) is 46.0 Å². The Morgan fingerprint density at radius 3 is 2.64 bits per heavy atom. The summed E-state index contributed by atoms with van der Waals surface area (Å²) in [5, 5.41) is 11.4. The van der Waals surface area contributed by atoms with Crippen LogP contribution in [0.4, 0.5) is 0 Å². The molecule has 1 rings (SSSR count). The third-order valence-electron chi connectivity index (χ3n) is 3.72. The van der Waals surface area contributed by atoms with Gasteiger partial charge in [0.1, 0.15) is 6.04 Å². The van der Waals surface area contributed by atoms with E-state index in [9.17, 15) is 18.0 Å². The molecule has 0 aromatic carbocycles. The fourth-order valence-corrected chi connectivity index (χ4v) is 4.38. The van der Waals surface area contributed by atoms with Gasteiger partial charge < -0.3 is 10.4 Å². The number of nitrogens with one attached hydrogen (secondary N) is 1. The number of sulfonamides is 1. The highest BCUT2D eigenvalue weighted by molar-refractivity contribution is 7.89. The molecule has 0 radical (unpaired) electrons. The van der Waals surface area contributed by atoms with Crippen molar-refractivity contribution in [1.82, 2.24) is 9.62 Å².